The number of ether oxygens (including phenoxy) is 1. The smallest absolute Gasteiger partial charge is 0.254 e. The van der Waals surface area contributed by atoms with E-state index in [1.807, 2.05) is 91.5 Å². The standard InChI is InChI=1S/C27H28N2O3/c1-19-11-13-22(14-12-19)32-25-10-6-5-9-24(25)28-26(30)21-15-17-29(18-16-21)27(31)23-8-4-3-7-20(23)2/h3-14,21H,15-18H2,1-2H3,(H,28,30). The SMILES string of the molecule is Cc1ccc(Oc2ccccc2NC(=O)C2CCN(C(=O)c3ccccc3C)CC2)cc1. The summed E-state index contributed by atoms with van der Waals surface area (Å²) < 4.78 is 5.99. The van der Waals surface area contributed by atoms with Crippen LogP contribution in [0, 0.1) is 19.8 Å². The normalized spacial score (nSPS) is 14.1. The minimum atomic E-state index is -0.136. The van der Waals surface area contributed by atoms with E-state index in [0.717, 1.165) is 22.4 Å². The van der Waals surface area contributed by atoms with Crippen LogP contribution >= 0.6 is 0 Å². The number of aryl methyl sites for hydroxylation is 2. The van der Waals surface area contributed by atoms with E-state index in [1.54, 1.807) is 0 Å². The average molecular weight is 429 g/mol. The minimum absolute atomic E-state index is 0.0343. The van der Waals surface area contributed by atoms with Crippen LogP contribution in [0.25, 0.3) is 0 Å². The van der Waals surface area contributed by atoms with Gasteiger partial charge in [0.25, 0.3) is 5.91 Å². The summed E-state index contributed by atoms with van der Waals surface area (Å²) in [7, 11) is 0. The fraction of sp³-hybridized carbons (Fsp3) is 0.259. The Balaban J connectivity index is 1.37. The largest absolute Gasteiger partial charge is 0.455 e. The number of rotatable bonds is 5. The molecule has 164 valence electrons. The molecule has 5 nitrogen and oxygen atoms in total. The Labute approximate surface area is 189 Å². The van der Waals surface area contributed by atoms with Crippen molar-refractivity contribution in [1.82, 2.24) is 4.90 Å². The number of nitrogens with one attached hydrogen (secondary N) is 1. The Morgan fingerprint density at radius 2 is 1.53 bits per heavy atom. The van der Waals surface area contributed by atoms with Gasteiger partial charge in [-0.25, -0.2) is 0 Å². The quantitative estimate of drug-likeness (QED) is 0.577. The van der Waals surface area contributed by atoms with E-state index in [4.69, 9.17) is 4.74 Å². The number of hydrogen-bond acceptors (Lipinski definition) is 3. The van der Waals surface area contributed by atoms with Crippen LogP contribution in [-0.4, -0.2) is 29.8 Å². The number of carbonyl (C=O) groups is 2. The van der Waals surface area contributed by atoms with Gasteiger partial charge in [0.05, 0.1) is 5.69 Å². The maximum absolute atomic E-state index is 12.9. The predicted octanol–water partition coefficient (Wildman–Crippen LogP) is 5.59. The molecule has 0 saturated carbocycles. The monoisotopic (exact) mass is 428 g/mol. The molecule has 1 N–H and O–H groups in total. The first-order chi connectivity index (χ1) is 15.5. The van der Waals surface area contributed by atoms with Gasteiger partial charge in [-0.1, -0.05) is 48.0 Å². The molecule has 1 aliphatic heterocycles. The van der Waals surface area contributed by atoms with E-state index in [0.29, 0.717) is 37.4 Å². The maximum atomic E-state index is 12.9. The van der Waals surface area contributed by atoms with Crippen molar-refractivity contribution < 1.29 is 14.3 Å². The summed E-state index contributed by atoms with van der Waals surface area (Å²) >= 11 is 0. The highest BCUT2D eigenvalue weighted by Crippen LogP contribution is 2.30. The summed E-state index contributed by atoms with van der Waals surface area (Å²) in [4.78, 5) is 27.6. The van der Waals surface area contributed by atoms with Crippen LogP contribution in [-0.2, 0) is 4.79 Å². The zero-order chi connectivity index (χ0) is 22.5. The van der Waals surface area contributed by atoms with Gasteiger partial charge in [0.1, 0.15) is 5.75 Å². The van der Waals surface area contributed by atoms with E-state index < -0.39 is 0 Å². The van der Waals surface area contributed by atoms with Gasteiger partial charge in [-0.05, 0) is 62.6 Å². The highest BCUT2D eigenvalue weighted by atomic mass is 16.5. The summed E-state index contributed by atoms with van der Waals surface area (Å²) in [6.07, 6.45) is 1.29. The van der Waals surface area contributed by atoms with Gasteiger partial charge in [-0.15, -0.1) is 0 Å². The lowest BCUT2D eigenvalue weighted by atomic mass is 9.95. The third kappa shape index (κ3) is 4.99. The summed E-state index contributed by atoms with van der Waals surface area (Å²) in [5.41, 5.74) is 3.52. The lowest BCUT2D eigenvalue weighted by molar-refractivity contribution is -0.121. The molecule has 1 aliphatic rings. The molecule has 0 spiro atoms. The molecular formula is C27H28N2O3. The Bertz CT molecular complexity index is 1100. The van der Waals surface area contributed by atoms with Crippen molar-refractivity contribution in [2.24, 2.45) is 5.92 Å². The number of piperidine rings is 1. The fourth-order valence-electron chi connectivity index (χ4n) is 3.95. The highest BCUT2D eigenvalue weighted by Gasteiger charge is 2.28. The number of nitrogens with zero attached hydrogens (tertiary/aromatic N) is 1. The molecule has 0 bridgehead atoms. The molecule has 1 saturated heterocycles. The first kappa shape index (κ1) is 21.6. The molecule has 2 amide bonds. The van der Waals surface area contributed by atoms with Gasteiger partial charge < -0.3 is 15.0 Å². The Morgan fingerprint density at radius 3 is 2.25 bits per heavy atom. The Hall–Kier alpha value is -3.60. The first-order valence-electron chi connectivity index (χ1n) is 11.0. The van der Waals surface area contributed by atoms with Gasteiger partial charge in [0.15, 0.2) is 5.75 Å². The average Bonchev–Trinajstić information content (AvgIpc) is 2.82. The molecule has 5 heteroatoms. The summed E-state index contributed by atoms with van der Waals surface area (Å²) in [5, 5.41) is 3.03. The van der Waals surface area contributed by atoms with Crippen LogP contribution in [0.5, 0.6) is 11.5 Å². The molecular weight excluding hydrogens is 400 g/mol. The number of benzene rings is 3. The maximum Gasteiger partial charge on any atom is 0.254 e. The number of hydrogen-bond donors (Lipinski definition) is 1. The van der Waals surface area contributed by atoms with Crippen LogP contribution in [0.1, 0.15) is 34.3 Å². The summed E-state index contributed by atoms with van der Waals surface area (Å²) in [6.45, 7) is 5.13. The van der Waals surface area contributed by atoms with E-state index in [9.17, 15) is 9.59 Å². The van der Waals surface area contributed by atoms with Crippen molar-refractivity contribution in [1.29, 1.82) is 0 Å². The Kier molecular flexibility index (Phi) is 6.55. The summed E-state index contributed by atoms with van der Waals surface area (Å²) in [5.74, 6) is 1.20. The number of amides is 2. The highest BCUT2D eigenvalue weighted by molar-refractivity contribution is 5.96. The molecule has 0 unspecified atom stereocenters. The fourth-order valence-corrected chi connectivity index (χ4v) is 3.95. The third-order valence-electron chi connectivity index (χ3n) is 5.92. The molecule has 1 fully saturated rings. The van der Waals surface area contributed by atoms with E-state index in [2.05, 4.69) is 5.32 Å². The van der Waals surface area contributed by atoms with Crippen LogP contribution < -0.4 is 10.1 Å². The van der Waals surface area contributed by atoms with Crippen LogP contribution in [0.4, 0.5) is 5.69 Å². The van der Waals surface area contributed by atoms with Crippen LogP contribution in [0.15, 0.2) is 72.8 Å². The minimum Gasteiger partial charge on any atom is -0.455 e. The lowest BCUT2D eigenvalue weighted by Gasteiger charge is -2.31. The first-order valence-corrected chi connectivity index (χ1v) is 11.0. The van der Waals surface area contributed by atoms with Crippen molar-refractivity contribution in [3.05, 3.63) is 89.5 Å². The molecule has 4 rings (SSSR count). The number of likely N-dealkylation sites (tertiary alicyclic amines) is 1. The number of anilines is 1. The van der Waals surface area contributed by atoms with E-state index in [1.165, 1.54) is 0 Å². The van der Waals surface area contributed by atoms with Crippen LogP contribution in [0.2, 0.25) is 0 Å². The van der Waals surface area contributed by atoms with Crippen molar-refractivity contribution in [3.8, 4) is 11.5 Å². The second-order valence-electron chi connectivity index (χ2n) is 8.28. The molecule has 0 aliphatic carbocycles. The van der Waals surface area contributed by atoms with Crippen molar-refractivity contribution in [2.45, 2.75) is 26.7 Å². The van der Waals surface area contributed by atoms with Gasteiger partial charge in [-0.3, -0.25) is 9.59 Å². The van der Waals surface area contributed by atoms with Gasteiger partial charge in [-0.2, -0.15) is 0 Å². The lowest BCUT2D eigenvalue weighted by Crippen LogP contribution is -2.41. The van der Waals surface area contributed by atoms with Gasteiger partial charge >= 0.3 is 0 Å². The van der Waals surface area contributed by atoms with E-state index >= 15 is 0 Å². The van der Waals surface area contributed by atoms with Crippen molar-refractivity contribution >= 4 is 17.5 Å². The zero-order valence-electron chi connectivity index (χ0n) is 18.5. The van der Waals surface area contributed by atoms with Crippen LogP contribution in [0.3, 0.4) is 0 Å². The second kappa shape index (κ2) is 9.69. The van der Waals surface area contributed by atoms with Crippen molar-refractivity contribution in [3.63, 3.8) is 0 Å². The van der Waals surface area contributed by atoms with Gasteiger partial charge in [0.2, 0.25) is 5.91 Å². The molecule has 0 radical (unpaired) electrons. The third-order valence-corrected chi connectivity index (χ3v) is 5.92. The molecule has 3 aromatic rings. The van der Waals surface area contributed by atoms with E-state index in [-0.39, 0.29) is 17.7 Å². The van der Waals surface area contributed by atoms with Gasteiger partial charge in [0, 0.05) is 24.6 Å². The van der Waals surface area contributed by atoms with Crippen molar-refractivity contribution in [2.75, 3.05) is 18.4 Å². The zero-order valence-corrected chi connectivity index (χ0v) is 18.5. The predicted molar refractivity (Wildman–Crippen MR) is 126 cm³/mol. The molecule has 1 heterocycles. The summed E-state index contributed by atoms with van der Waals surface area (Å²) in [6, 6.07) is 22.9. The molecule has 0 atom stereocenters. The topological polar surface area (TPSA) is 58.6 Å². The molecule has 3 aromatic carbocycles. The molecule has 0 aromatic heterocycles. The second-order valence-corrected chi connectivity index (χ2v) is 8.28. The Morgan fingerprint density at radius 1 is 0.875 bits per heavy atom. The number of para-hydroxylation sites is 2. The molecule has 32 heavy (non-hydrogen) atoms. The number of carbonyl (C=O) groups excluding carboxylic acids is 2.